The van der Waals surface area contributed by atoms with Crippen LogP contribution in [0.1, 0.15) is 11.8 Å². The monoisotopic (exact) mass is 362 g/mol. The molecule has 134 valence electrons. The second-order valence-corrected chi connectivity index (χ2v) is 6.92. The summed E-state index contributed by atoms with van der Waals surface area (Å²) >= 11 is 0. The molecule has 1 fully saturated rings. The van der Waals surface area contributed by atoms with Crippen LogP contribution >= 0.6 is 0 Å². The van der Waals surface area contributed by atoms with Crippen molar-refractivity contribution in [2.24, 2.45) is 0 Å². The van der Waals surface area contributed by atoms with E-state index in [-0.39, 0.29) is 12.0 Å². The second kappa shape index (κ2) is 6.99. The maximum Gasteiger partial charge on any atom is 0.330 e. The predicted octanol–water partition coefficient (Wildman–Crippen LogP) is -2.14. The molecule has 0 amide bonds. The summed E-state index contributed by atoms with van der Waals surface area (Å²) in [5.41, 5.74) is -1.26. The molecule has 11 heteroatoms. The summed E-state index contributed by atoms with van der Waals surface area (Å²) in [6.45, 7) is 2.87. The highest BCUT2D eigenvalue weighted by atomic mass is 32.2. The van der Waals surface area contributed by atoms with Crippen LogP contribution in [0.2, 0.25) is 0 Å². The van der Waals surface area contributed by atoms with Crippen LogP contribution in [0.15, 0.2) is 28.4 Å². The summed E-state index contributed by atoms with van der Waals surface area (Å²) in [5, 5.41) is 19.6. The standard InChI is InChI=1S/C13H18N2O8S/c1-3-4-7-5-15(13(19)14-11(7)18)12-9(17)10(8(6-16)22-12)23-24(2,20)21/h3,5,8-10,12,16-17H,1,4,6H2,2H3,(H,14,18,19)/t8-,9-,10+,12-/m1/s1. The average Bonchev–Trinajstić information content (AvgIpc) is 2.77. The number of nitrogens with zero attached hydrogens (tertiary/aromatic N) is 1. The molecule has 0 spiro atoms. The largest absolute Gasteiger partial charge is 0.394 e. The Labute approximate surface area is 137 Å². The highest BCUT2D eigenvalue weighted by molar-refractivity contribution is 7.86. The van der Waals surface area contributed by atoms with E-state index in [4.69, 9.17) is 8.92 Å². The van der Waals surface area contributed by atoms with Crippen molar-refractivity contribution in [1.29, 1.82) is 0 Å². The van der Waals surface area contributed by atoms with E-state index in [1.54, 1.807) is 0 Å². The molecule has 0 bridgehead atoms. The zero-order chi connectivity index (χ0) is 18.1. The van der Waals surface area contributed by atoms with Crippen LogP contribution in [0.5, 0.6) is 0 Å². The van der Waals surface area contributed by atoms with Crippen molar-refractivity contribution >= 4 is 10.1 Å². The number of nitrogens with one attached hydrogen (secondary N) is 1. The van der Waals surface area contributed by atoms with Crippen LogP contribution in [0.4, 0.5) is 0 Å². The van der Waals surface area contributed by atoms with E-state index in [1.807, 2.05) is 0 Å². The number of allylic oxidation sites excluding steroid dienone is 1. The van der Waals surface area contributed by atoms with Crippen LogP contribution < -0.4 is 11.2 Å². The predicted molar refractivity (Wildman–Crippen MR) is 81.9 cm³/mol. The average molecular weight is 362 g/mol. The number of rotatable bonds is 6. The van der Waals surface area contributed by atoms with Crippen LogP contribution in [-0.2, 0) is 25.5 Å². The molecule has 0 radical (unpaired) electrons. The van der Waals surface area contributed by atoms with Gasteiger partial charge < -0.3 is 14.9 Å². The van der Waals surface area contributed by atoms with Crippen LogP contribution in [-0.4, -0.2) is 59.4 Å². The number of aromatic nitrogens is 2. The van der Waals surface area contributed by atoms with E-state index in [9.17, 15) is 28.2 Å². The lowest BCUT2D eigenvalue weighted by molar-refractivity contribution is -0.0544. The van der Waals surface area contributed by atoms with Gasteiger partial charge in [-0.05, 0) is 6.42 Å². The summed E-state index contributed by atoms with van der Waals surface area (Å²) in [5.74, 6) is 0. The molecular weight excluding hydrogens is 344 g/mol. The van der Waals surface area contributed by atoms with E-state index < -0.39 is 52.5 Å². The van der Waals surface area contributed by atoms with Gasteiger partial charge in [0.2, 0.25) is 0 Å². The van der Waals surface area contributed by atoms with Crippen LogP contribution in [0.3, 0.4) is 0 Å². The third-order valence-electron chi connectivity index (χ3n) is 3.46. The van der Waals surface area contributed by atoms with Crippen molar-refractivity contribution in [3.05, 3.63) is 45.3 Å². The molecule has 1 saturated heterocycles. The molecule has 1 aliphatic heterocycles. The molecular formula is C13H18N2O8S. The normalized spacial score (nSPS) is 27.3. The smallest absolute Gasteiger partial charge is 0.330 e. The van der Waals surface area contributed by atoms with E-state index in [2.05, 4.69) is 11.6 Å². The zero-order valence-corrected chi connectivity index (χ0v) is 13.6. The zero-order valence-electron chi connectivity index (χ0n) is 12.8. The first-order chi connectivity index (χ1) is 11.2. The van der Waals surface area contributed by atoms with Crippen molar-refractivity contribution in [3.8, 4) is 0 Å². The van der Waals surface area contributed by atoms with E-state index in [1.165, 1.54) is 12.3 Å². The minimum atomic E-state index is -3.93. The molecule has 1 aromatic rings. The first-order valence-electron chi connectivity index (χ1n) is 6.96. The Kier molecular flexibility index (Phi) is 5.40. The van der Waals surface area contributed by atoms with Crippen molar-refractivity contribution in [1.82, 2.24) is 9.55 Å². The van der Waals surface area contributed by atoms with Crippen molar-refractivity contribution in [2.45, 2.75) is 31.0 Å². The summed E-state index contributed by atoms with van der Waals surface area (Å²) in [6.07, 6.45) is -1.84. The number of aromatic amines is 1. The lowest BCUT2D eigenvalue weighted by Crippen LogP contribution is -2.40. The van der Waals surface area contributed by atoms with Gasteiger partial charge in [-0.25, -0.2) is 4.79 Å². The molecule has 1 aromatic heterocycles. The molecule has 3 N–H and O–H groups in total. The summed E-state index contributed by atoms with van der Waals surface area (Å²) in [4.78, 5) is 25.7. The van der Waals surface area contributed by atoms with Gasteiger partial charge in [-0.2, -0.15) is 8.42 Å². The SMILES string of the molecule is C=CCc1cn([C@@H]2O[C@H](CO)[C@H](OS(C)(=O)=O)[C@H]2O)c(=O)[nH]c1=O. The second-order valence-electron chi connectivity index (χ2n) is 5.32. The van der Waals surface area contributed by atoms with Crippen molar-refractivity contribution in [2.75, 3.05) is 12.9 Å². The fourth-order valence-electron chi connectivity index (χ4n) is 2.43. The van der Waals surface area contributed by atoms with Crippen molar-refractivity contribution < 1.29 is 27.6 Å². The molecule has 2 rings (SSSR count). The van der Waals surface area contributed by atoms with Crippen LogP contribution in [0.25, 0.3) is 0 Å². The van der Waals surface area contributed by atoms with Crippen molar-refractivity contribution in [3.63, 3.8) is 0 Å². The molecule has 0 aliphatic carbocycles. The summed E-state index contributed by atoms with van der Waals surface area (Å²) < 4.78 is 33.6. The van der Waals surface area contributed by atoms with E-state index >= 15 is 0 Å². The lowest BCUT2D eigenvalue weighted by Gasteiger charge is -2.19. The van der Waals surface area contributed by atoms with E-state index in [0.717, 1.165) is 10.8 Å². The Hall–Kier alpha value is -1.79. The third-order valence-corrected chi connectivity index (χ3v) is 4.03. The van der Waals surface area contributed by atoms with Gasteiger partial charge in [0.25, 0.3) is 15.7 Å². The molecule has 1 aliphatic rings. The van der Waals surface area contributed by atoms with Gasteiger partial charge in [-0.1, -0.05) is 6.08 Å². The Balaban J connectivity index is 2.42. The fourth-order valence-corrected chi connectivity index (χ4v) is 3.08. The summed E-state index contributed by atoms with van der Waals surface area (Å²) in [6, 6.07) is 0. The molecule has 24 heavy (non-hydrogen) atoms. The Morgan fingerprint density at radius 3 is 2.71 bits per heavy atom. The van der Waals surface area contributed by atoms with Gasteiger partial charge in [-0.3, -0.25) is 18.5 Å². The van der Waals surface area contributed by atoms with Gasteiger partial charge in [0.15, 0.2) is 6.23 Å². The number of aliphatic hydroxyl groups excluding tert-OH is 2. The quantitative estimate of drug-likeness (QED) is 0.384. The molecule has 4 atom stereocenters. The minimum absolute atomic E-state index is 0.172. The maximum absolute atomic E-state index is 12.0. The number of H-pyrrole nitrogens is 1. The highest BCUT2D eigenvalue weighted by Crippen LogP contribution is 2.31. The van der Waals surface area contributed by atoms with Gasteiger partial charge in [0, 0.05) is 11.8 Å². The number of hydrogen-bond donors (Lipinski definition) is 3. The molecule has 2 heterocycles. The molecule has 0 saturated carbocycles. The van der Waals surface area contributed by atoms with Gasteiger partial charge in [-0.15, -0.1) is 6.58 Å². The Morgan fingerprint density at radius 2 is 2.17 bits per heavy atom. The van der Waals surface area contributed by atoms with Gasteiger partial charge >= 0.3 is 5.69 Å². The Bertz CT molecular complexity index is 827. The topological polar surface area (TPSA) is 148 Å². The first kappa shape index (κ1) is 18.5. The molecule has 0 unspecified atom stereocenters. The summed E-state index contributed by atoms with van der Waals surface area (Å²) in [7, 11) is -3.93. The third kappa shape index (κ3) is 3.82. The maximum atomic E-state index is 12.0. The van der Waals surface area contributed by atoms with Gasteiger partial charge in [0.1, 0.15) is 18.3 Å². The van der Waals surface area contributed by atoms with Crippen LogP contribution in [0, 0.1) is 0 Å². The number of hydrogen-bond acceptors (Lipinski definition) is 8. The fraction of sp³-hybridized carbons (Fsp3) is 0.538. The van der Waals surface area contributed by atoms with E-state index in [0.29, 0.717) is 0 Å². The first-order valence-corrected chi connectivity index (χ1v) is 8.77. The van der Waals surface area contributed by atoms with Gasteiger partial charge in [0.05, 0.1) is 12.9 Å². The molecule has 10 nitrogen and oxygen atoms in total. The Morgan fingerprint density at radius 1 is 1.50 bits per heavy atom. The molecule has 0 aromatic carbocycles. The minimum Gasteiger partial charge on any atom is -0.394 e. The number of aliphatic hydroxyl groups is 2. The number of ether oxygens (including phenoxy) is 1. The lowest BCUT2D eigenvalue weighted by atomic mass is 10.1. The highest BCUT2D eigenvalue weighted by Gasteiger charge is 2.47.